The van der Waals surface area contributed by atoms with Gasteiger partial charge in [0.2, 0.25) is 0 Å². The van der Waals surface area contributed by atoms with Gasteiger partial charge >= 0.3 is 0 Å². The van der Waals surface area contributed by atoms with Gasteiger partial charge in [0, 0.05) is 24.9 Å². The van der Waals surface area contributed by atoms with Gasteiger partial charge in [0.1, 0.15) is 5.82 Å². The number of nitrogens with zero attached hydrogens (tertiary/aromatic N) is 2. The van der Waals surface area contributed by atoms with E-state index in [1.165, 1.54) is 18.4 Å². The van der Waals surface area contributed by atoms with Crippen LogP contribution in [0.25, 0.3) is 0 Å². The second kappa shape index (κ2) is 8.05. The molecule has 90 valence electrons. The molecule has 0 spiro atoms. The highest BCUT2D eigenvalue weighted by Crippen LogP contribution is 2.11. The average Bonchev–Trinajstić information content (AvgIpc) is 2.75. The Morgan fingerprint density at radius 3 is 3.06 bits per heavy atom. The molecule has 0 radical (unpaired) electrons. The van der Waals surface area contributed by atoms with E-state index >= 15 is 0 Å². The van der Waals surface area contributed by atoms with Gasteiger partial charge in [0.05, 0.1) is 0 Å². The normalized spacial score (nSPS) is 15.8. The molecule has 0 aromatic rings. The molecule has 0 atom stereocenters. The van der Waals surface area contributed by atoms with Crippen LogP contribution in [-0.2, 0) is 0 Å². The summed E-state index contributed by atoms with van der Waals surface area (Å²) >= 11 is 0. The maximum Gasteiger partial charge on any atom is 0.129 e. The predicted octanol–water partition coefficient (Wildman–Crippen LogP) is 1.35. The Bertz CT molecular complexity index is 268. The van der Waals surface area contributed by atoms with Crippen molar-refractivity contribution in [1.82, 2.24) is 10.6 Å². The van der Waals surface area contributed by atoms with E-state index in [4.69, 9.17) is 0 Å². The van der Waals surface area contributed by atoms with Crippen molar-refractivity contribution in [3.05, 3.63) is 11.4 Å². The Morgan fingerprint density at radius 2 is 2.31 bits per heavy atom. The molecule has 1 heterocycles. The third-order valence-corrected chi connectivity index (χ3v) is 2.61. The zero-order valence-corrected chi connectivity index (χ0v) is 10.1. The fraction of sp³-hybridized carbons (Fsp3) is 0.667. The predicted molar refractivity (Wildman–Crippen MR) is 70.3 cm³/mol. The number of hydrogen-bond acceptors (Lipinski definition) is 4. The highest BCUT2D eigenvalue weighted by atomic mass is 15.0. The molecular weight excluding hydrogens is 200 g/mol. The topological polar surface area (TPSA) is 48.8 Å². The summed E-state index contributed by atoms with van der Waals surface area (Å²) in [5.74, 6) is 0.902. The van der Waals surface area contributed by atoms with Gasteiger partial charge in [-0.15, -0.1) is 0 Å². The van der Waals surface area contributed by atoms with Crippen LogP contribution in [0, 0.1) is 0 Å². The standard InChI is InChI=1S/C12H22N4/c1-13-7-4-3-5-8-15-10-11-6-9-16-12(11)14-2/h10,13,16H,2-9H2,1H3. The fourth-order valence-electron chi connectivity index (χ4n) is 1.69. The van der Waals surface area contributed by atoms with Gasteiger partial charge in [0.15, 0.2) is 0 Å². The van der Waals surface area contributed by atoms with Crippen molar-refractivity contribution in [2.75, 3.05) is 26.7 Å². The number of unbranched alkanes of at least 4 members (excludes halogenated alkanes) is 2. The van der Waals surface area contributed by atoms with Crippen molar-refractivity contribution in [2.24, 2.45) is 9.98 Å². The Kier molecular flexibility index (Phi) is 6.49. The third-order valence-electron chi connectivity index (χ3n) is 2.61. The zero-order chi connectivity index (χ0) is 11.6. The summed E-state index contributed by atoms with van der Waals surface area (Å²) in [4.78, 5) is 8.35. The van der Waals surface area contributed by atoms with Crippen LogP contribution in [0.3, 0.4) is 0 Å². The molecule has 4 heteroatoms. The van der Waals surface area contributed by atoms with Crippen LogP contribution >= 0.6 is 0 Å². The minimum absolute atomic E-state index is 0.902. The second-order valence-corrected chi connectivity index (χ2v) is 3.91. The molecule has 0 aliphatic carbocycles. The lowest BCUT2D eigenvalue weighted by molar-refractivity contribution is 0.649. The molecule has 16 heavy (non-hydrogen) atoms. The molecule has 0 saturated carbocycles. The molecule has 0 aromatic heterocycles. The van der Waals surface area contributed by atoms with Crippen LogP contribution in [0.5, 0.6) is 0 Å². The Morgan fingerprint density at radius 1 is 1.44 bits per heavy atom. The van der Waals surface area contributed by atoms with Crippen LogP contribution < -0.4 is 10.6 Å². The smallest absolute Gasteiger partial charge is 0.129 e. The van der Waals surface area contributed by atoms with Gasteiger partial charge < -0.3 is 10.6 Å². The molecule has 0 unspecified atom stereocenters. The van der Waals surface area contributed by atoms with Crippen molar-refractivity contribution in [3.8, 4) is 0 Å². The second-order valence-electron chi connectivity index (χ2n) is 3.91. The van der Waals surface area contributed by atoms with Gasteiger partial charge in [-0.25, -0.2) is 4.99 Å². The molecule has 0 fully saturated rings. The Hall–Kier alpha value is -1.16. The third kappa shape index (κ3) is 4.57. The Balaban J connectivity index is 2.14. The maximum atomic E-state index is 4.42. The summed E-state index contributed by atoms with van der Waals surface area (Å²) < 4.78 is 0. The molecule has 1 rings (SSSR count). The highest BCUT2D eigenvalue weighted by molar-refractivity contribution is 5.80. The fourth-order valence-corrected chi connectivity index (χ4v) is 1.69. The Labute approximate surface area is 97.9 Å². The van der Waals surface area contributed by atoms with E-state index in [1.54, 1.807) is 0 Å². The van der Waals surface area contributed by atoms with Crippen molar-refractivity contribution in [2.45, 2.75) is 25.7 Å². The summed E-state index contributed by atoms with van der Waals surface area (Å²) in [6, 6.07) is 0. The van der Waals surface area contributed by atoms with Gasteiger partial charge in [-0.3, -0.25) is 4.99 Å². The molecule has 0 saturated heterocycles. The van der Waals surface area contributed by atoms with E-state index < -0.39 is 0 Å². The number of nitrogens with one attached hydrogen (secondary N) is 2. The van der Waals surface area contributed by atoms with E-state index in [2.05, 4.69) is 27.3 Å². The quantitative estimate of drug-likeness (QED) is 0.481. The number of hydrogen-bond donors (Lipinski definition) is 2. The molecular formula is C12H22N4. The van der Waals surface area contributed by atoms with E-state index in [-0.39, 0.29) is 0 Å². The lowest BCUT2D eigenvalue weighted by Gasteiger charge is -1.98. The summed E-state index contributed by atoms with van der Waals surface area (Å²) in [6.07, 6.45) is 6.59. The first kappa shape index (κ1) is 12.9. The number of rotatable bonds is 8. The molecule has 1 aliphatic rings. The zero-order valence-electron chi connectivity index (χ0n) is 10.1. The van der Waals surface area contributed by atoms with Gasteiger partial charge in [-0.2, -0.15) is 0 Å². The lowest BCUT2D eigenvalue weighted by atomic mass is 10.2. The minimum Gasteiger partial charge on any atom is -0.369 e. The van der Waals surface area contributed by atoms with Crippen molar-refractivity contribution in [3.63, 3.8) is 0 Å². The molecule has 0 aromatic carbocycles. The first-order valence-electron chi connectivity index (χ1n) is 5.96. The van der Waals surface area contributed by atoms with E-state index in [9.17, 15) is 0 Å². The SMILES string of the molecule is C=NC1=C(C=NCCCCCNC)CCN1. The first-order chi connectivity index (χ1) is 7.88. The molecule has 2 N–H and O–H groups in total. The lowest BCUT2D eigenvalue weighted by Crippen LogP contribution is -2.07. The van der Waals surface area contributed by atoms with Crippen LogP contribution in [0.1, 0.15) is 25.7 Å². The van der Waals surface area contributed by atoms with Crippen molar-refractivity contribution < 1.29 is 0 Å². The van der Waals surface area contributed by atoms with Crippen LogP contribution in [-0.4, -0.2) is 39.6 Å². The summed E-state index contributed by atoms with van der Waals surface area (Å²) in [5.41, 5.74) is 1.19. The monoisotopic (exact) mass is 222 g/mol. The largest absolute Gasteiger partial charge is 0.369 e. The van der Waals surface area contributed by atoms with Gasteiger partial charge in [0.25, 0.3) is 0 Å². The van der Waals surface area contributed by atoms with Crippen molar-refractivity contribution >= 4 is 12.9 Å². The summed E-state index contributed by atoms with van der Waals surface area (Å²) in [7, 11) is 1.99. The molecule has 0 bridgehead atoms. The highest BCUT2D eigenvalue weighted by Gasteiger charge is 2.09. The average molecular weight is 222 g/mol. The van der Waals surface area contributed by atoms with Crippen LogP contribution in [0.15, 0.2) is 21.4 Å². The van der Waals surface area contributed by atoms with E-state index in [0.29, 0.717) is 0 Å². The molecule has 0 amide bonds. The summed E-state index contributed by atoms with van der Waals surface area (Å²) in [6.45, 7) is 6.50. The van der Waals surface area contributed by atoms with E-state index in [0.717, 1.165) is 38.3 Å². The maximum absolute atomic E-state index is 4.42. The molecule has 4 nitrogen and oxygen atoms in total. The summed E-state index contributed by atoms with van der Waals surface area (Å²) in [5, 5.41) is 6.32. The van der Waals surface area contributed by atoms with Gasteiger partial charge in [-0.1, -0.05) is 6.42 Å². The van der Waals surface area contributed by atoms with E-state index in [1.807, 2.05) is 13.3 Å². The number of aliphatic imine (C=N–C) groups is 2. The van der Waals surface area contributed by atoms with Gasteiger partial charge in [-0.05, 0) is 39.6 Å². The first-order valence-corrected chi connectivity index (χ1v) is 5.96. The molecule has 1 aliphatic heterocycles. The van der Waals surface area contributed by atoms with Crippen LogP contribution in [0.4, 0.5) is 0 Å². The van der Waals surface area contributed by atoms with Crippen LogP contribution in [0.2, 0.25) is 0 Å². The minimum atomic E-state index is 0.902. The van der Waals surface area contributed by atoms with Crippen molar-refractivity contribution in [1.29, 1.82) is 0 Å².